The van der Waals surface area contributed by atoms with Crippen LogP contribution in [0.1, 0.15) is 11.3 Å². The number of hydrogen-bond acceptors (Lipinski definition) is 4. The maximum atomic E-state index is 11.5. The lowest BCUT2D eigenvalue weighted by atomic mass is 10.2. The number of carbonyl (C=O) groups excluding carboxylic acids is 1. The zero-order valence-electron chi connectivity index (χ0n) is 10.1. The normalized spacial score (nSPS) is 9.63. The molecule has 0 spiro atoms. The van der Waals surface area contributed by atoms with Crippen LogP contribution in [0.5, 0.6) is 5.75 Å². The van der Waals surface area contributed by atoms with Gasteiger partial charge in [-0.15, -0.1) is 0 Å². The van der Waals surface area contributed by atoms with Crippen LogP contribution in [0.25, 0.3) is 0 Å². The number of imidazole rings is 1. The van der Waals surface area contributed by atoms with Crippen molar-refractivity contribution in [1.82, 2.24) is 15.3 Å². The maximum Gasteiger partial charge on any atom is 0.258 e. The number of ether oxygens (including phenoxy) is 1. The summed E-state index contributed by atoms with van der Waals surface area (Å²) in [5, 5.41) is 11.3. The molecular formula is C13H12N4O2. The molecule has 6 nitrogen and oxygen atoms in total. The number of nitrogens with zero attached hydrogens (tertiary/aromatic N) is 2. The third kappa shape index (κ3) is 3.85. The van der Waals surface area contributed by atoms with Gasteiger partial charge in [-0.05, 0) is 24.3 Å². The number of nitriles is 1. The summed E-state index contributed by atoms with van der Waals surface area (Å²) in [6, 6.07) is 8.59. The molecule has 0 atom stereocenters. The van der Waals surface area contributed by atoms with Crippen LogP contribution in [0, 0.1) is 11.3 Å². The number of amides is 1. The number of H-pyrrole nitrogens is 1. The lowest BCUT2D eigenvalue weighted by Crippen LogP contribution is -2.28. The summed E-state index contributed by atoms with van der Waals surface area (Å²) < 4.78 is 5.29. The van der Waals surface area contributed by atoms with Crippen LogP contribution >= 0.6 is 0 Å². The summed E-state index contributed by atoms with van der Waals surface area (Å²) in [6.45, 7) is 0.315. The topological polar surface area (TPSA) is 90.8 Å². The fourth-order valence-corrected chi connectivity index (χ4v) is 1.40. The summed E-state index contributed by atoms with van der Waals surface area (Å²) in [6.07, 6.45) is 3.19. The van der Waals surface area contributed by atoms with E-state index in [2.05, 4.69) is 15.3 Å². The van der Waals surface area contributed by atoms with Gasteiger partial charge in [0, 0.05) is 6.20 Å². The first-order chi connectivity index (χ1) is 9.28. The number of benzene rings is 1. The van der Waals surface area contributed by atoms with E-state index in [1.54, 1.807) is 36.8 Å². The quantitative estimate of drug-likeness (QED) is 0.834. The molecule has 0 aliphatic rings. The molecule has 2 aromatic rings. The fourth-order valence-electron chi connectivity index (χ4n) is 1.40. The van der Waals surface area contributed by atoms with Gasteiger partial charge in [-0.2, -0.15) is 5.26 Å². The number of aromatic nitrogens is 2. The molecule has 1 aromatic heterocycles. The lowest BCUT2D eigenvalue weighted by molar-refractivity contribution is -0.123. The summed E-state index contributed by atoms with van der Waals surface area (Å²) in [5.74, 6) is 0.328. The average molecular weight is 256 g/mol. The van der Waals surface area contributed by atoms with Crippen molar-refractivity contribution in [3.8, 4) is 11.8 Å². The second kappa shape index (κ2) is 6.21. The van der Waals surface area contributed by atoms with E-state index in [1.165, 1.54) is 0 Å². The molecule has 2 N–H and O–H groups in total. The van der Waals surface area contributed by atoms with E-state index in [9.17, 15) is 4.79 Å². The van der Waals surface area contributed by atoms with E-state index in [0.29, 0.717) is 17.9 Å². The highest BCUT2D eigenvalue weighted by molar-refractivity contribution is 5.77. The molecule has 0 aliphatic heterocycles. The number of aromatic amines is 1. The summed E-state index contributed by atoms with van der Waals surface area (Å²) in [7, 11) is 0. The predicted octanol–water partition coefficient (Wildman–Crippen LogP) is 0.977. The van der Waals surface area contributed by atoms with E-state index < -0.39 is 0 Å². The second-order valence-electron chi connectivity index (χ2n) is 3.78. The van der Waals surface area contributed by atoms with Crippen LogP contribution in [0.2, 0.25) is 0 Å². The van der Waals surface area contributed by atoms with Gasteiger partial charge in [-0.3, -0.25) is 4.79 Å². The Morgan fingerprint density at radius 3 is 2.84 bits per heavy atom. The van der Waals surface area contributed by atoms with E-state index in [-0.39, 0.29) is 12.5 Å². The molecule has 0 fully saturated rings. The SMILES string of the molecule is N#Cc1ccc(OCC(=O)NCc2cnc[nH]2)cc1. The average Bonchev–Trinajstić information content (AvgIpc) is 2.96. The number of hydrogen-bond donors (Lipinski definition) is 2. The van der Waals surface area contributed by atoms with E-state index in [1.807, 2.05) is 6.07 Å². The van der Waals surface area contributed by atoms with E-state index in [4.69, 9.17) is 10.00 Å². The molecule has 0 bridgehead atoms. The van der Waals surface area contributed by atoms with Crippen LogP contribution in [0.15, 0.2) is 36.8 Å². The number of carbonyl (C=O) groups is 1. The third-order valence-electron chi connectivity index (χ3n) is 2.38. The van der Waals surface area contributed by atoms with Crippen molar-refractivity contribution in [1.29, 1.82) is 5.26 Å². The maximum absolute atomic E-state index is 11.5. The largest absolute Gasteiger partial charge is 0.484 e. The van der Waals surface area contributed by atoms with Crippen LogP contribution < -0.4 is 10.1 Å². The highest BCUT2D eigenvalue weighted by Gasteiger charge is 2.03. The Kier molecular flexibility index (Phi) is 4.13. The molecule has 0 unspecified atom stereocenters. The first kappa shape index (κ1) is 12.6. The number of nitrogens with one attached hydrogen (secondary N) is 2. The smallest absolute Gasteiger partial charge is 0.258 e. The fraction of sp³-hybridized carbons (Fsp3) is 0.154. The Morgan fingerprint density at radius 1 is 1.42 bits per heavy atom. The molecule has 0 aliphatic carbocycles. The highest BCUT2D eigenvalue weighted by atomic mass is 16.5. The monoisotopic (exact) mass is 256 g/mol. The standard InChI is InChI=1S/C13H12N4O2/c14-5-10-1-3-12(4-2-10)19-8-13(18)16-7-11-6-15-9-17-11/h1-4,6,9H,7-8H2,(H,15,17)(H,16,18). The molecule has 1 heterocycles. The Morgan fingerprint density at radius 2 is 2.21 bits per heavy atom. The van der Waals surface area contributed by atoms with Crippen molar-refractivity contribution < 1.29 is 9.53 Å². The molecule has 96 valence electrons. The highest BCUT2D eigenvalue weighted by Crippen LogP contribution is 2.11. The zero-order chi connectivity index (χ0) is 13.5. The molecule has 6 heteroatoms. The lowest BCUT2D eigenvalue weighted by Gasteiger charge is -2.06. The number of rotatable bonds is 5. The van der Waals surface area contributed by atoms with Crippen molar-refractivity contribution in [2.75, 3.05) is 6.61 Å². The van der Waals surface area contributed by atoms with Gasteiger partial charge in [-0.25, -0.2) is 4.98 Å². The Labute approximate surface area is 110 Å². The summed E-state index contributed by atoms with van der Waals surface area (Å²) in [4.78, 5) is 18.2. The van der Waals surface area contributed by atoms with Gasteiger partial charge < -0.3 is 15.0 Å². The van der Waals surface area contributed by atoms with Crippen LogP contribution in [-0.4, -0.2) is 22.5 Å². The summed E-state index contributed by atoms with van der Waals surface area (Å²) in [5.41, 5.74) is 1.38. The summed E-state index contributed by atoms with van der Waals surface area (Å²) >= 11 is 0. The van der Waals surface area contributed by atoms with E-state index >= 15 is 0 Å². The van der Waals surface area contributed by atoms with Crippen molar-refractivity contribution in [2.24, 2.45) is 0 Å². The Bertz CT molecular complexity index is 570. The molecule has 0 radical (unpaired) electrons. The molecular weight excluding hydrogens is 244 g/mol. The Hall–Kier alpha value is -2.81. The molecule has 1 amide bonds. The van der Waals surface area contributed by atoms with Crippen molar-refractivity contribution >= 4 is 5.91 Å². The molecule has 19 heavy (non-hydrogen) atoms. The van der Waals surface area contributed by atoms with Gasteiger partial charge in [0.1, 0.15) is 5.75 Å². The van der Waals surface area contributed by atoms with Gasteiger partial charge in [0.25, 0.3) is 5.91 Å². The predicted molar refractivity (Wildman–Crippen MR) is 67.1 cm³/mol. The minimum absolute atomic E-state index is 0.0694. The van der Waals surface area contributed by atoms with Gasteiger partial charge >= 0.3 is 0 Å². The third-order valence-corrected chi connectivity index (χ3v) is 2.38. The van der Waals surface area contributed by atoms with Crippen LogP contribution in [0.3, 0.4) is 0 Å². The van der Waals surface area contributed by atoms with Crippen molar-refractivity contribution in [3.05, 3.63) is 48.0 Å². The van der Waals surface area contributed by atoms with Gasteiger partial charge in [0.15, 0.2) is 6.61 Å². The minimum atomic E-state index is -0.223. The minimum Gasteiger partial charge on any atom is -0.484 e. The molecule has 0 saturated heterocycles. The molecule has 0 saturated carbocycles. The molecule has 1 aromatic carbocycles. The zero-order valence-corrected chi connectivity index (χ0v) is 10.1. The van der Waals surface area contributed by atoms with E-state index in [0.717, 1.165) is 5.69 Å². The molecule has 2 rings (SSSR count). The van der Waals surface area contributed by atoms with Gasteiger partial charge in [0.05, 0.1) is 30.2 Å². The first-order valence-corrected chi connectivity index (χ1v) is 5.65. The first-order valence-electron chi connectivity index (χ1n) is 5.65. The van der Waals surface area contributed by atoms with Crippen molar-refractivity contribution in [2.45, 2.75) is 6.54 Å². The van der Waals surface area contributed by atoms with Crippen LogP contribution in [0.4, 0.5) is 0 Å². The Balaban J connectivity index is 1.75. The van der Waals surface area contributed by atoms with Gasteiger partial charge in [0.2, 0.25) is 0 Å². The second-order valence-corrected chi connectivity index (χ2v) is 3.78. The van der Waals surface area contributed by atoms with Gasteiger partial charge in [-0.1, -0.05) is 0 Å². The van der Waals surface area contributed by atoms with Crippen molar-refractivity contribution in [3.63, 3.8) is 0 Å². The van der Waals surface area contributed by atoms with Crippen LogP contribution in [-0.2, 0) is 11.3 Å².